The Morgan fingerprint density at radius 2 is 1.71 bits per heavy atom. The summed E-state index contributed by atoms with van der Waals surface area (Å²) in [7, 11) is 0. The number of aromatic nitrogens is 2. The van der Waals surface area contributed by atoms with Gasteiger partial charge in [-0.05, 0) is 24.3 Å². The van der Waals surface area contributed by atoms with Gasteiger partial charge in [0.1, 0.15) is 16.2 Å². The zero-order chi connectivity index (χ0) is 12.6. The molecule has 17 heavy (non-hydrogen) atoms. The van der Waals surface area contributed by atoms with E-state index in [1.807, 2.05) is 0 Å². The largest absolute Gasteiger partial charge is 0.432 e. The van der Waals surface area contributed by atoms with E-state index in [9.17, 15) is 17.6 Å². The van der Waals surface area contributed by atoms with Crippen molar-refractivity contribution < 1.29 is 17.6 Å². The standard InChI is InChI=1S/C10H6F4N2S/c11-6-1-3-7(4-2-6)16-9(17)5-8(15-16)10(12,13)14/h1-5,15H. The van der Waals surface area contributed by atoms with E-state index in [0.717, 1.165) is 22.9 Å². The molecule has 0 aliphatic rings. The van der Waals surface area contributed by atoms with Crippen LogP contribution < -0.4 is 0 Å². The average Bonchev–Trinajstić information content (AvgIpc) is 2.61. The molecule has 0 aliphatic carbocycles. The fourth-order valence-electron chi connectivity index (χ4n) is 1.32. The summed E-state index contributed by atoms with van der Waals surface area (Å²) in [5, 5.41) is 2.12. The first kappa shape index (κ1) is 11.8. The lowest BCUT2D eigenvalue weighted by molar-refractivity contribution is -0.141. The van der Waals surface area contributed by atoms with Crippen LogP contribution in [-0.4, -0.2) is 9.78 Å². The maximum absolute atomic E-state index is 12.7. The van der Waals surface area contributed by atoms with E-state index in [1.165, 1.54) is 12.1 Å². The van der Waals surface area contributed by atoms with Gasteiger partial charge in [0, 0.05) is 6.07 Å². The summed E-state index contributed by atoms with van der Waals surface area (Å²) >= 11 is 4.79. The van der Waals surface area contributed by atoms with Gasteiger partial charge in [0.25, 0.3) is 0 Å². The summed E-state index contributed by atoms with van der Waals surface area (Å²) in [6.45, 7) is 0. The minimum Gasteiger partial charge on any atom is -0.288 e. The lowest BCUT2D eigenvalue weighted by Crippen LogP contribution is -2.07. The molecule has 90 valence electrons. The van der Waals surface area contributed by atoms with Gasteiger partial charge >= 0.3 is 6.18 Å². The zero-order valence-corrected chi connectivity index (χ0v) is 9.07. The molecule has 1 aromatic heterocycles. The third kappa shape index (κ3) is 2.38. The molecule has 2 rings (SSSR count). The smallest absolute Gasteiger partial charge is 0.288 e. The maximum atomic E-state index is 12.7. The highest BCUT2D eigenvalue weighted by Crippen LogP contribution is 2.28. The quantitative estimate of drug-likeness (QED) is 0.614. The average molecular weight is 262 g/mol. The Morgan fingerprint density at radius 3 is 2.18 bits per heavy atom. The van der Waals surface area contributed by atoms with Crippen molar-refractivity contribution in [3.05, 3.63) is 46.5 Å². The van der Waals surface area contributed by atoms with Crippen molar-refractivity contribution in [2.24, 2.45) is 0 Å². The first-order chi connectivity index (χ1) is 7.88. The second kappa shape index (κ2) is 3.99. The highest BCUT2D eigenvalue weighted by atomic mass is 32.1. The van der Waals surface area contributed by atoms with Crippen molar-refractivity contribution in [3.63, 3.8) is 0 Å². The van der Waals surface area contributed by atoms with E-state index < -0.39 is 17.7 Å². The number of H-pyrrole nitrogens is 1. The Hall–Kier alpha value is -1.63. The Kier molecular flexibility index (Phi) is 2.78. The number of nitrogens with zero attached hydrogens (tertiary/aromatic N) is 1. The van der Waals surface area contributed by atoms with Crippen molar-refractivity contribution >= 4 is 12.2 Å². The Bertz CT molecular complexity index is 580. The molecule has 7 heteroatoms. The molecule has 0 fully saturated rings. The van der Waals surface area contributed by atoms with Gasteiger partial charge in [-0.15, -0.1) is 0 Å². The van der Waals surface area contributed by atoms with Gasteiger partial charge in [0.15, 0.2) is 0 Å². The molecular formula is C10H6F4N2S. The van der Waals surface area contributed by atoms with Crippen molar-refractivity contribution in [1.82, 2.24) is 9.78 Å². The maximum Gasteiger partial charge on any atom is 0.432 e. The number of alkyl halides is 3. The van der Waals surface area contributed by atoms with Crippen molar-refractivity contribution in [2.45, 2.75) is 6.18 Å². The highest BCUT2D eigenvalue weighted by Gasteiger charge is 2.33. The van der Waals surface area contributed by atoms with Crippen LogP contribution in [0.1, 0.15) is 5.69 Å². The molecule has 1 heterocycles. The number of benzene rings is 1. The number of aromatic amines is 1. The third-order valence-corrected chi connectivity index (χ3v) is 2.41. The molecule has 0 radical (unpaired) electrons. The van der Waals surface area contributed by atoms with Crippen LogP contribution in [0.4, 0.5) is 17.6 Å². The molecule has 0 saturated carbocycles. The van der Waals surface area contributed by atoms with Gasteiger partial charge in [-0.25, -0.2) is 9.07 Å². The second-order valence-corrected chi connectivity index (χ2v) is 3.74. The molecule has 2 nitrogen and oxygen atoms in total. The van der Waals surface area contributed by atoms with Crippen LogP contribution in [0.25, 0.3) is 5.69 Å². The van der Waals surface area contributed by atoms with Crippen LogP contribution in [0.5, 0.6) is 0 Å². The predicted molar refractivity (Wildman–Crippen MR) is 55.9 cm³/mol. The summed E-state index contributed by atoms with van der Waals surface area (Å²) in [4.78, 5) is 0. The SMILES string of the molecule is Fc1ccc(-n2[nH]c(C(F)(F)F)cc2=S)cc1. The molecule has 0 amide bonds. The molecule has 0 atom stereocenters. The van der Waals surface area contributed by atoms with Gasteiger partial charge in [0.05, 0.1) is 5.69 Å². The number of nitrogens with one attached hydrogen (secondary N) is 1. The third-order valence-electron chi connectivity index (χ3n) is 2.11. The normalized spacial score (nSPS) is 11.8. The minimum absolute atomic E-state index is 0.0241. The molecular weight excluding hydrogens is 256 g/mol. The molecule has 1 N–H and O–H groups in total. The van der Waals surface area contributed by atoms with Crippen LogP contribution >= 0.6 is 12.2 Å². The number of halogens is 4. The molecule has 2 aromatic rings. The summed E-state index contributed by atoms with van der Waals surface area (Å²) in [5.74, 6) is -0.470. The number of rotatable bonds is 1. The molecule has 0 aliphatic heterocycles. The first-order valence-corrected chi connectivity index (χ1v) is 4.94. The van der Waals surface area contributed by atoms with E-state index in [0.29, 0.717) is 5.69 Å². The van der Waals surface area contributed by atoms with Crippen LogP contribution in [0.2, 0.25) is 0 Å². The van der Waals surface area contributed by atoms with E-state index in [-0.39, 0.29) is 4.64 Å². The lowest BCUT2D eigenvalue weighted by atomic mass is 10.3. The van der Waals surface area contributed by atoms with Crippen LogP contribution in [0.3, 0.4) is 0 Å². The topological polar surface area (TPSA) is 20.7 Å². The highest BCUT2D eigenvalue weighted by molar-refractivity contribution is 7.71. The predicted octanol–water partition coefficient (Wildman–Crippen LogP) is 3.69. The fraction of sp³-hybridized carbons (Fsp3) is 0.100. The van der Waals surface area contributed by atoms with Gasteiger partial charge < -0.3 is 0 Å². The molecule has 0 spiro atoms. The molecule has 0 bridgehead atoms. The van der Waals surface area contributed by atoms with Gasteiger partial charge in [-0.3, -0.25) is 5.10 Å². The van der Waals surface area contributed by atoms with Crippen molar-refractivity contribution in [1.29, 1.82) is 0 Å². The van der Waals surface area contributed by atoms with E-state index in [2.05, 4.69) is 5.10 Å². The first-order valence-electron chi connectivity index (χ1n) is 4.53. The Morgan fingerprint density at radius 1 is 1.12 bits per heavy atom. The van der Waals surface area contributed by atoms with Crippen LogP contribution in [-0.2, 0) is 6.18 Å². The minimum atomic E-state index is -4.49. The zero-order valence-electron chi connectivity index (χ0n) is 8.25. The van der Waals surface area contributed by atoms with Crippen molar-refractivity contribution in [3.8, 4) is 5.69 Å². The molecule has 1 aromatic carbocycles. The Labute approximate surface area is 98.5 Å². The van der Waals surface area contributed by atoms with E-state index in [1.54, 1.807) is 0 Å². The van der Waals surface area contributed by atoms with Crippen LogP contribution in [0.15, 0.2) is 30.3 Å². The second-order valence-electron chi connectivity index (χ2n) is 3.32. The number of hydrogen-bond acceptors (Lipinski definition) is 1. The fourth-order valence-corrected chi connectivity index (χ4v) is 1.59. The lowest BCUT2D eigenvalue weighted by Gasteiger charge is -2.04. The van der Waals surface area contributed by atoms with Gasteiger partial charge in [-0.2, -0.15) is 13.2 Å². The number of hydrogen-bond donors (Lipinski definition) is 1. The van der Waals surface area contributed by atoms with E-state index >= 15 is 0 Å². The van der Waals surface area contributed by atoms with E-state index in [4.69, 9.17) is 12.2 Å². The molecule has 0 saturated heterocycles. The summed E-state index contributed by atoms with van der Waals surface area (Å²) in [5.41, 5.74) is -0.598. The van der Waals surface area contributed by atoms with Crippen molar-refractivity contribution in [2.75, 3.05) is 0 Å². The summed E-state index contributed by atoms with van der Waals surface area (Å²) in [6.07, 6.45) is -4.49. The monoisotopic (exact) mass is 262 g/mol. The van der Waals surface area contributed by atoms with Gasteiger partial charge in [0.2, 0.25) is 0 Å². The van der Waals surface area contributed by atoms with Gasteiger partial charge in [-0.1, -0.05) is 12.2 Å². The summed E-state index contributed by atoms with van der Waals surface area (Å²) < 4.78 is 50.9. The van der Waals surface area contributed by atoms with Crippen LogP contribution in [0, 0.1) is 10.5 Å². The Balaban J connectivity index is 2.50. The summed E-state index contributed by atoms with van der Waals surface area (Å²) in [6, 6.07) is 5.78. The molecule has 0 unspecified atom stereocenters.